The molecule has 0 fully saturated rings. The fraction of sp³-hybridized carbons (Fsp3) is 0.615. The van der Waals surface area contributed by atoms with Gasteiger partial charge in [-0.25, -0.2) is 0 Å². The molecular formula is C13H23N3O. The lowest BCUT2D eigenvalue weighted by atomic mass is 10.2. The molecule has 1 heterocycles. The molecule has 0 radical (unpaired) electrons. The van der Waals surface area contributed by atoms with E-state index in [0.717, 1.165) is 18.8 Å². The van der Waals surface area contributed by atoms with Crippen LogP contribution in [0, 0.1) is 0 Å². The van der Waals surface area contributed by atoms with Crippen molar-refractivity contribution >= 4 is 11.5 Å². The Balaban J connectivity index is 2.99. The lowest BCUT2D eigenvalue weighted by Gasteiger charge is -2.28. The highest BCUT2D eigenvalue weighted by molar-refractivity contribution is 5.54. The fourth-order valence-corrected chi connectivity index (χ4v) is 1.77. The monoisotopic (exact) mass is 237 g/mol. The molecule has 1 atom stereocenters. The quantitative estimate of drug-likeness (QED) is 0.826. The van der Waals surface area contributed by atoms with Gasteiger partial charge in [0, 0.05) is 12.6 Å². The van der Waals surface area contributed by atoms with Crippen LogP contribution in [0.3, 0.4) is 0 Å². The molecule has 1 aromatic rings. The summed E-state index contributed by atoms with van der Waals surface area (Å²) in [4.78, 5) is 6.73. The van der Waals surface area contributed by atoms with Crippen LogP contribution in [0.2, 0.25) is 0 Å². The van der Waals surface area contributed by atoms with Crippen molar-refractivity contribution in [2.45, 2.75) is 40.2 Å². The summed E-state index contributed by atoms with van der Waals surface area (Å²) in [5.74, 6) is 1.46. The van der Waals surface area contributed by atoms with Gasteiger partial charge in [0.15, 0.2) is 0 Å². The molecule has 2 N–H and O–H groups in total. The van der Waals surface area contributed by atoms with E-state index in [1.54, 1.807) is 0 Å². The highest BCUT2D eigenvalue weighted by atomic mass is 16.5. The van der Waals surface area contributed by atoms with E-state index >= 15 is 0 Å². The van der Waals surface area contributed by atoms with E-state index in [4.69, 9.17) is 10.5 Å². The second-order valence-corrected chi connectivity index (χ2v) is 4.04. The van der Waals surface area contributed by atoms with Crippen LogP contribution in [0.1, 0.15) is 34.1 Å². The molecule has 0 aromatic carbocycles. The number of pyridine rings is 1. The third-order valence-electron chi connectivity index (χ3n) is 2.91. The van der Waals surface area contributed by atoms with Crippen LogP contribution < -0.4 is 15.4 Å². The number of hydrogen-bond acceptors (Lipinski definition) is 4. The first kappa shape index (κ1) is 13.6. The van der Waals surface area contributed by atoms with Crippen molar-refractivity contribution in [3.63, 3.8) is 0 Å². The van der Waals surface area contributed by atoms with Gasteiger partial charge in [-0.2, -0.15) is 4.98 Å². The van der Waals surface area contributed by atoms with Crippen LogP contribution in [0.25, 0.3) is 0 Å². The molecule has 1 aromatic heterocycles. The molecular weight excluding hydrogens is 214 g/mol. The topological polar surface area (TPSA) is 51.4 Å². The first-order chi connectivity index (χ1) is 8.13. The number of nitrogens with two attached hydrogens (primary N) is 1. The molecule has 4 nitrogen and oxygen atoms in total. The van der Waals surface area contributed by atoms with Gasteiger partial charge in [-0.1, -0.05) is 6.92 Å². The van der Waals surface area contributed by atoms with E-state index in [0.29, 0.717) is 24.2 Å². The average molecular weight is 237 g/mol. The van der Waals surface area contributed by atoms with Crippen LogP contribution in [0.5, 0.6) is 5.88 Å². The Hall–Kier alpha value is -1.45. The van der Waals surface area contributed by atoms with Gasteiger partial charge in [0.2, 0.25) is 5.88 Å². The van der Waals surface area contributed by atoms with E-state index < -0.39 is 0 Å². The number of anilines is 2. The zero-order valence-electron chi connectivity index (χ0n) is 11.2. The number of hydrogen-bond donors (Lipinski definition) is 1. The Kier molecular flexibility index (Phi) is 5.07. The SMILES string of the molecule is CCOc1nc(N(CC)C(C)CC)ccc1N. The number of ether oxygens (including phenoxy) is 1. The first-order valence-electron chi connectivity index (χ1n) is 6.29. The predicted octanol–water partition coefficient (Wildman–Crippen LogP) is 2.69. The molecule has 4 heteroatoms. The zero-order valence-corrected chi connectivity index (χ0v) is 11.2. The van der Waals surface area contributed by atoms with Crippen LogP contribution in [-0.2, 0) is 0 Å². The van der Waals surface area contributed by atoms with Gasteiger partial charge in [0.1, 0.15) is 5.82 Å². The highest BCUT2D eigenvalue weighted by Crippen LogP contribution is 2.24. The van der Waals surface area contributed by atoms with Crippen LogP contribution in [-0.4, -0.2) is 24.2 Å². The van der Waals surface area contributed by atoms with Crippen LogP contribution >= 0.6 is 0 Å². The van der Waals surface area contributed by atoms with Gasteiger partial charge >= 0.3 is 0 Å². The zero-order chi connectivity index (χ0) is 12.8. The van der Waals surface area contributed by atoms with Crippen molar-refractivity contribution in [3.05, 3.63) is 12.1 Å². The molecule has 0 saturated carbocycles. The maximum atomic E-state index is 5.82. The summed E-state index contributed by atoms with van der Waals surface area (Å²) in [6, 6.07) is 4.27. The van der Waals surface area contributed by atoms with Crippen molar-refractivity contribution in [1.29, 1.82) is 0 Å². The Morgan fingerprint density at radius 2 is 2.06 bits per heavy atom. The minimum absolute atomic E-state index is 0.464. The van der Waals surface area contributed by atoms with Gasteiger partial charge in [0.25, 0.3) is 0 Å². The second kappa shape index (κ2) is 6.33. The molecule has 0 aliphatic heterocycles. The molecule has 96 valence electrons. The van der Waals surface area contributed by atoms with E-state index in [1.807, 2.05) is 19.1 Å². The third kappa shape index (κ3) is 3.25. The molecule has 0 bridgehead atoms. The molecule has 17 heavy (non-hydrogen) atoms. The molecule has 0 spiro atoms. The molecule has 0 saturated heterocycles. The van der Waals surface area contributed by atoms with Crippen molar-refractivity contribution in [2.75, 3.05) is 23.8 Å². The summed E-state index contributed by atoms with van der Waals surface area (Å²) >= 11 is 0. The maximum Gasteiger partial charge on any atom is 0.239 e. The Morgan fingerprint density at radius 1 is 1.35 bits per heavy atom. The summed E-state index contributed by atoms with van der Waals surface area (Å²) in [7, 11) is 0. The number of nitrogen functional groups attached to an aromatic ring is 1. The molecule has 0 aliphatic rings. The van der Waals surface area contributed by atoms with Crippen molar-refractivity contribution in [1.82, 2.24) is 4.98 Å². The van der Waals surface area contributed by atoms with Crippen LogP contribution in [0.4, 0.5) is 11.5 Å². The van der Waals surface area contributed by atoms with Gasteiger partial charge in [-0.05, 0) is 39.3 Å². The van der Waals surface area contributed by atoms with Gasteiger partial charge in [-0.15, -0.1) is 0 Å². The Bertz CT molecular complexity index is 355. The van der Waals surface area contributed by atoms with Crippen molar-refractivity contribution < 1.29 is 4.74 Å². The summed E-state index contributed by atoms with van der Waals surface area (Å²) < 4.78 is 5.42. The Labute approximate surface area is 104 Å². The van der Waals surface area contributed by atoms with Crippen molar-refractivity contribution in [3.8, 4) is 5.88 Å². The lowest BCUT2D eigenvalue weighted by molar-refractivity contribution is 0.329. The van der Waals surface area contributed by atoms with E-state index in [9.17, 15) is 0 Å². The Morgan fingerprint density at radius 3 is 2.59 bits per heavy atom. The molecule has 0 aliphatic carbocycles. The lowest BCUT2D eigenvalue weighted by Crippen LogP contribution is -2.33. The normalized spacial score (nSPS) is 12.2. The minimum atomic E-state index is 0.464. The second-order valence-electron chi connectivity index (χ2n) is 4.04. The minimum Gasteiger partial charge on any atom is -0.476 e. The third-order valence-corrected chi connectivity index (χ3v) is 2.91. The van der Waals surface area contributed by atoms with Gasteiger partial charge < -0.3 is 15.4 Å². The summed E-state index contributed by atoms with van der Waals surface area (Å²) in [6.07, 6.45) is 1.09. The number of nitrogens with zero attached hydrogens (tertiary/aromatic N) is 2. The molecule has 1 rings (SSSR count). The van der Waals surface area contributed by atoms with Crippen LogP contribution in [0.15, 0.2) is 12.1 Å². The maximum absolute atomic E-state index is 5.82. The van der Waals surface area contributed by atoms with E-state index in [-0.39, 0.29) is 0 Å². The van der Waals surface area contributed by atoms with E-state index in [2.05, 4.69) is 30.7 Å². The fourth-order valence-electron chi connectivity index (χ4n) is 1.77. The van der Waals surface area contributed by atoms with Gasteiger partial charge in [0.05, 0.1) is 12.3 Å². The predicted molar refractivity (Wildman–Crippen MR) is 72.6 cm³/mol. The van der Waals surface area contributed by atoms with E-state index in [1.165, 1.54) is 0 Å². The molecule has 0 amide bonds. The molecule has 1 unspecified atom stereocenters. The summed E-state index contributed by atoms with van der Waals surface area (Å²) in [6.45, 7) is 9.94. The van der Waals surface area contributed by atoms with Gasteiger partial charge in [-0.3, -0.25) is 0 Å². The first-order valence-corrected chi connectivity index (χ1v) is 6.29. The average Bonchev–Trinajstić information content (AvgIpc) is 2.34. The van der Waals surface area contributed by atoms with Crippen molar-refractivity contribution in [2.24, 2.45) is 0 Å². The summed E-state index contributed by atoms with van der Waals surface area (Å²) in [5.41, 5.74) is 6.41. The highest BCUT2D eigenvalue weighted by Gasteiger charge is 2.14. The number of rotatable bonds is 6. The summed E-state index contributed by atoms with van der Waals surface area (Å²) in [5, 5.41) is 0. The smallest absolute Gasteiger partial charge is 0.239 e. The largest absolute Gasteiger partial charge is 0.476 e. The number of aromatic nitrogens is 1. The standard InChI is InChI=1S/C13H23N3O/c1-5-10(4)16(6-2)12-9-8-11(14)13(15-12)17-7-3/h8-10H,5-7,14H2,1-4H3.